The van der Waals surface area contributed by atoms with Gasteiger partial charge >= 0.3 is 0 Å². The van der Waals surface area contributed by atoms with Gasteiger partial charge in [0.2, 0.25) is 5.96 Å². The van der Waals surface area contributed by atoms with Gasteiger partial charge in [-0.05, 0) is 32.0 Å². The summed E-state index contributed by atoms with van der Waals surface area (Å²) < 4.78 is 44.3. The number of allylic oxidation sites excluding steroid dienone is 2. The van der Waals surface area contributed by atoms with E-state index < -0.39 is 18.8 Å². The Labute approximate surface area is 196 Å². The molecule has 1 saturated heterocycles. The second-order valence-corrected chi connectivity index (χ2v) is 8.16. The number of rotatable bonds is 8. The lowest BCUT2D eigenvalue weighted by atomic mass is 9.97. The Balaban J connectivity index is 1.99. The topological polar surface area (TPSA) is 87.9 Å². The summed E-state index contributed by atoms with van der Waals surface area (Å²) in [6.45, 7) is 0.998. The lowest BCUT2D eigenvalue weighted by Gasteiger charge is -2.32. The van der Waals surface area contributed by atoms with E-state index in [9.17, 15) is 13.2 Å². The average molecular weight is 480 g/mol. The van der Waals surface area contributed by atoms with Crippen molar-refractivity contribution in [3.63, 3.8) is 0 Å². The van der Waals surface area contributed by atoms with E-state index in [0.717, 1.165) is 44.1 Å². The van der Waals surface area contributed by atoms with Crippen LogP contribution in [0.4, 0.5) is 18.9 Å². The maximum absolute atomic E-state index is 14.6. The second kappa shape index (κ2) is 11.9. The van der Waals surface area contributed by atoms with Crippen molar-refractivity contribution < 1.29 is 13.2 Å². The minimum Gasteiger partial charge on any atom is -0.386 e. The molecule has 178 valence electrons. The molecule has 2 aliphatic rings. The van der Waals surface area contributed by atoms with Crippen molar-refractivity contribution in [3.05, 3.63) is 52.3 Å². The maximum atomic E-state index is 14.6. The first kappa shape index (κ1) is 24.8. The van der Waals surface area contributed by atoms with Crippen molar-refractivity contribution in [2.24, 2.45) is 9.39 Å². The van der Waals surface area contributed by atoms with Gasteiger partial charge in [0.05, 0.1) is 17.9 Å². The molecule has 3 rings (SSSR count). The summed E-state index contributed by atoms with van der Waals surface area (Å²) in [4.78, 5) is 6.87. The molecule has 0 amide bonds. The Morgan fingerprint density at radius 3 is 2.67 bits per heavy atom. The lowest BCUT2D eigenvalue weighted by Crippen LogP contribution is -2.43. The van der Waals surface area contributed by atoms with E-state index in [1.807, 2.05) is 7.05 Å². The molecule has 0 saturated carbocycles. The van der Waals surface area contributed by atoms with Crippen LogP contribution in [0.2, 0.25) is 0 Å². The number of hydrogen-bond donors (Lipinski definition) is 4. The van der Waals surface area contributed by atoms with Gasteiger partial charge in [-0.25, -0.2) is 18.2 Å². The highest BCUT2D eigenvalue weighted by molar-refractivity contribution is 8.01. The molecule has 1 fully saturated rings. The first-order valence-corrected chi connectivity index (χ1v) is 11.5. The molecule has 0 atom stereocenters. The van der Waals surface area contributed by atoms with E-state index in [1.54, 1.807) is 24.6 Å². The van der Waals surface area contributed by atoms with Gasteiger partial charge in [0.1, 0.15) is 5.82 Å². The molecule has 4 N–H and O–H groups in total. The summed E-state index contributed by atoms with van der Waals surface area (Å²) in [5.41, 5.74) is 2.10. The summed E-state index contributed by atoms with van der Waals surface area (Å²) >= 11 is 1.15. The van der Waals surface area contributed by atoms with Crippen LogP contribution in [0.5, 0.6) is 0 Å². The van der Waals surface area contributed by atoms with Crippen LogP contribution in [0, 0.1) is 11.2 Å². The van der Waals surface area contributed by atoms with Crippen molar-refractivity contribution in [2.75, 3.05) is 39.0 Å². The molecule has 0 aromatic heterocycles. The fourth-order valence-corrected chi connectivity index (χ4v) is 4.26. The number of halogens is 3. The van der Waals surface area contributed by atoms with Crippen LogP contribution < -0.4 is 16.0 Å². The maximum Gasteiger partial charge on any atom is 0.255 e. The molecule has 33 heavy (non-hydrogen) atoms. The van der Waals surface area contributed by atoms with Gasteiger partial charge in [0.25, 0.3) is 6.43 Å². The van der Waals surface area contributed by atoms with Crippen molar-refractivity contribution in [1.29, 1.82) is 5.41 Å². The molecule has 1 aromatic rings. The van der Waals surface area contributed by atoms with Crippen LogP contribution in [0.3, 0.4) is 0 Å². The number of benzene rings is 1. The van der Waals surface area contributed by atoms with E-state index in [2.05, 4.69) is 25.2 Å². The van der Waals surface area contributed by atoms with Gasteiger partial charge < -0.3 is 26.3 Å². The van der Waals surface area contributed by atoms with E-state index in [0.29, 0.717) is 40.1 Å². The minimum atomic E-state index is -2.53. The first-order valence-electron chi connectivity index (χ1n) is 10.6. The van der Waals surface area contributed by atoms with Crippen molar-refractivity contribution in [2.45, 2.75) is 25.3 Å². The number of alkyl halides is 2. The average Bonchev–Trinajstić information content (AvgIpc) is 3.05. The van der Waals surface area contributed by atoms with E-state index in [1.165, 1.54) is 12.3 Å². The highest BCUT2D eigenvalue weighted by Crippen LogP contribution is 2.27. The van der Waals surface area contributed by atoms with Crippen molar-refractivity contribution in [1.82, 2.24) is 15.5 Å². The van der Waals surface area contributed by atoms with Gasteiger partial charge in [0, 0.05) is 72.7 Å². The van der Waals surface area contributed by atoms with Crippen LogP contribution in [0.25, 0.3) is 0 Å². The smallest absolute Gasteiger partial charge is 0.255 e. The van der Waals surface area contributed by atoms with Crippen LogP contribution in [-0.4, -0.2) is 69.0 Å². The number of nitrogens with one attached hydrogen (secondary N) is 4. The van der Waals surface area contributed by atoms with E-state index in [-0.39, 0.29) is 0 Å². The zero-order valence-electron chi connectivity index (χ0n) is 18.5. The largest absolute Gasteiger partial charge is 0.386 e. The van der Waals surface area contributed by atoms with Crippen molar-refractivity contribution >= 4 is 35.5 Å². The third kappa shape index (κ3) is 6.38. The standard InChI is InChI=1S/C22H28F3N7S/c1-27-16-5-7-32(8-6-16)22-30-21(14-3-4-19(28-2)18(23)9-14)17(13-33-31-22)15(10-26)11-29-12-20(24)25/h3-4,9-11,13,16,20,26-29H,5-8,12H2,1-2H3/b15-11+,26-10?. The zero-order valence-corrected chi connectivity index (χ0v) is 19.4. The SMILES string of the molecule is CNc1ccc(C2=NC(N3CCC(NC)CC3)=NSC=C2/C(C=N)=C/NCC(F)F)cc1F. The quantitative estimate of drug-likeness (QED) is 0.338. The number of piperidine rings is 1. The minimum absolute atomic E-state index is 0.338. The number of guanidine groups is 1. The Morgan fingerprint density at radius 2 is 2.06 bits per heavy atom. The summed E-state index contributed by atoms with van der Waals surface area (Å²) in [5, 5.41) is 18.2. The second-order valence-electron chi connectivity index (χ2n) is 7.53. The zero-order chi connectivity index (χ0) is 23.8. The fraction of sp³-hybridized carbons (Fsp3) is 0.409. The van der Waals surface area contributed by atoms with E-state index >= 15 is 0 Å². The molecular weight excluding hydrogens is 451 g/mol. The normalized spacial score (nSPS) is 17.8. The first-order chi connectivity index (χ1) is 16.0. The van der Waals surface area contributed by atoms with Gasteiger partial charge in [-0.3, -0.25) is 0 Å². The van der Waals surface area contributed by atoms with Crippen LogP contribution in [0.15, 0.2) is 50.3 Å². The molecule has 0 radical (unpaired) electrons. The van der Waals surface area contributed by atoms with Gasteiger partial charge in [-0.15, -0.1) is 0 Å². The highest BCUT2D eigenvalue weighted by Gasteiger charge is 2.24. The molecule has 2 heterocycles. The molecular formula is C22H28F3N7S. The molecule has 11 heteroatoms. The summed E-state index contributed by atoms with van der Waals surface area (Å²) in [6.07, 6.45) is 1.77. The number of likely N-dealkylation sites (tertiary alicyclic amines) is 1. The number of aliphatic imine (C=N–C) groups is 1. The molecule has 0 spiro atoms. The molecule has 2 aliphatic heterocycles. The molecule has 0 bridgehead atoms. The Hall–Kier alpha value is -2.79. The third-order valence-corrected chi connectivity index (χ3v) is 6.08. The van der Waals surface area contributed by atoms with Crippen LogP contribution >= 0.6 is 11.9 Å². The monoisotopic (exact) mass is 479 g/mol. The van der Waals surface area contributed by atoms with Crippen LogP contribution in [-0.2, 0) is 0 Å². The Morgan fingerprint density at radius 1 is 1.30 bits per heavy atom. The fourth-order valence-electron chi connectivity index (χ4n) is 3.60. The van der Waals surface area contributed by atoms with Gasteiger partial charge in [-0.1, -0.05) is 6.07 Å². The van der Waals surface area contributed by atoms with Gasteiger partial charge in [-0.2, -0.15) is 4.40 Å². The number of anilines is 1. The predicted molar refractivity (Wildman–Crippen MR) is 130 cm³/mol. The van der Waals surface area contributed by atoms with Crippen LogP contribution in [0.1, 0.15) is 18.4 Å². The Kier molecular flexibility index (Phi) is 8.95. The van der Waals surface area contributed by atoms with E-state index in [4.69, 9.17) is 10.4 Å². The van der Waals surface area contributed by atoms with Gasteiger partial charge in [0.15, 0.2) is 0 Å². The molecule has 0 aliphatic carbocycles. The summed E-state index contributed by atoms with van der Waals surface area (Å²) in [7, 11) is 3.58. The lowest BCUT2D eigenvalue weighted by molar-refractivity contribution is 0.150. The summed E-state index contributed by atoms with van der Waals surface area (Å²) in [5.74, 6) is 0.0669. The highest BCUT2D eigenvalue weighted by atomic mass is 32.2. The third-order valence-electron chi connectivity index (χ3n) is 5.47. The number of hydrogen-bond acceptors (Lipinski definition) is 8. The number of nitrogens with zero attached hydrogens (tertiary/aromatic N) is 3. The molecule has 7 nitrogen and oxygen atoms in total. The summed E-state index contributed by atoms with van der Waals surface area (Å²) in [6, 6.07) is 5.15. The predicted octanol–water partition coefficient (Wildman–Crippen LogP) is 3.63. The molecule has 1 aromatic carbocycles. The van der Waals surface area contributed by atoms with Crippen molar-refractivity contribution in [3.8, 4) is 0 Å². The molecule has 0 unspecified atom stereocenters. The Bertz CT molecular complexity index is 967.